The van der Waals surface area contributed by atoms with Crippen molar-refractivity contribution in [1.82, 2.24) is 29.1 Å². The van der Waals surface area contributed by atoms with Gasteiger partial charge in [-0.25, -0.2) is 14.3 Å². The first-order valence-electron chi connectivity index (χ1n) is 11.8. The number of aryl methyl sites for hydroxylation is 1. The van der Waals surface area contributed by atoms with Gasteiger partial charge in [-0.3, -0.25) is 37.7 Å². The highest BCUT2D eigenvalue weighted by Crippen LogP contribution is 2.49. The zero-order valence-corrected chi connectivity index (χ0v) is 21.3. The molecule has 2 saturated heterocycles. The lowest BCUT2D eigenvalue weighted by Gasteiger charge is -2.22. The molecule has 0 amide bonds. The highest BCUT2D eigenvalue weighted by Gasteiger charge is 2.43. The van der Waals surface area contributed by atoms with E-state index in [0.717, 1.165) is 4.57 Å². The van der Waals surface area contributed by atoms with Gasteiger partial charge < -0.3 is 30.3 Å². The molecule has 2 aliphatic rings. The average molecular weight is 571 g/mol. The summed E-state index contributed by atoms with van der Waals surface area (Å²) in [5, 5.41) is 20.2. The van der Waals surface area contributed by atoms with Crippen LogP contribution < -0.4 is 22.5 Å². The number of aromatic nitrogens is 6. The molecule has 0 spiro atoms. The van der Waals surface area contributed by atoms with Gasteiger partial charge in [0, 0.05) is 30.5 Å². The number of phosphoric acid groups is 1. The maximum Gasteiger partial charge on any atom is 0.474 e. The van der Waals surface area contributed by atoms with Gasteiger partial charge in [-0.05, 0) is 6.92 Å². The zero-order chi connectivity index (χ0) is 28.1. The molecule has 7 atom stereocenters. The van der Waals surface area contributed by atoms with Gasteiger partial charge in [0.05, 0.1) is 25.6 Å². The predicted octanol–water partition coefficient (Wildman–Crippen LogP) is -1.80. The second kappa shape index (κ2) is 10.4. The lowest BCUT2D eigenvalue weighted by atomic mass is 10.1. The summed E-state index contributed by atoms with van der Waals surface area (Å²) in [6.45, 7) is 0.430. The maximum absolute atomic E-state index is 12.7. The van der Waals surface area contributed by atoms with Crippen molar-refractivity contribution < 1.29 is 38.2 Å². The van der Waals surface area contributed by atoms with Crippen LogP contribution in [0.25, 0.3) is 11.2 Å². The number of aromatic amines is 2. The number of fused-ring (bicyclic) bond motifs is 1. The molecule has 7 N–H and O–H groups in total. The van der Waals surface area contributed by atoms with Gasteiger partial charge in [0.15, 0.2) is 17.5 Å². The van der Waals surface area contributed by atoms with Crippen LogP contribution in [0.4, 0.5) is 5.95 Å². The highest BCUT2D eigenvalue weighted by molar-refractivity contribution is 7.47. The first-order valence-corrected chi connectivity index (χ1v) is 13.2. The lowest BCUT2D eigenvalue weighted by Crippen LogP contribution is -2.33. The number of nitrogen functional groups attached to an aromatic ring is 1. The first kappa shape index (κ1) is 27.4. The van der Waals surface area contributed by atoms with Crippen molar-refractivity contribution in [3.63, 3.8) is 0 Å². The molecule has 18 nitrogen and oxygen atoms in total. The monoisotopic (exact) mass is 571 g/mol. The van der Waals surface area contributed by atoms with Crippen LogP contribution in [0.2, 0.25) is 0 Å². The van der Waals surface area contributed by atoms with Crippen molar-refractivity contribution in [2.45, 2.75) is 50.7 Å². The van der Waals surface area contributed by atoms with Gasteiger partial charge in [-0.2, -0.15) is 4.98 Å². The second-order valence-corrected chi connectivity index (χ2v) is 10.6. The maximum atomic E-state index is 12.7. The second-order valence-electron chi connectivity index (χ2n) is 9.19. The molecule has 39 heavy (non-hydrogen) atoms. The smallest absolute Gasteiger partial charge is 0.396 e. The summed E-state index contributed by atoms with van der Waals surface area (Å²) in [5.74, 6) is -0.933. The third-order valence-electron chi connectivity index (χ3n) is 6.48. The molecule has 2 fully saturated rings. The van der Waals surface area contributed by atoms with Crippen molar-refractivity contribution in [2.75, 3.05) is 18.9 Å². The van der Waals surface area contributed by atoms with Crippen LogP contribution in [0, 0.1) is 12.8 Å². The Morgan fingerprint density at radius 1 is 1.18 bits per heavy atom. The minimum absolute atomic E-state index is 0.0165. The molecule has 3 aromatic heterocycles. The number of nitrogens with one attached hydrogen (secondary N) is 2. The Morgan fingerprint density at radius 2 is 1.92 bits per heavy atom. The van der Waals surface area contributed by atoms with Crippen molar-refractivity contribution in [3.8, 4) is 0 Å². The van der Waals surface area contributed by atoms with E-state index in [-0.39, 0.29) is 35.5 Å². The molecule has 3 aromatic rings. The summed E-state index contributed by atoms with van der Waals surface area (Å²) in [6.07, 6.45) is -2.80. The molecule has 2 aliphatic heterocycles. The van der Waals surface area contributed by atoms with Crippen molar-refractivity contribution in [2.24, 2.45) is 5.92 Å². The van der Waals surface area contributed by atoms with Crippen molar-refractivity contribution in [3.05, 3.63) is 49.3 Å². The normalized spacial score (nSPS) is 28.7. The highest BCUT2D eigenvalue weighted by atomic mass is 31.2. The van der Waals surface area contributed by atoms with Gasteiger partial charge >= 0.3 is 13.5 Å². The van der Waals surface area contributed by atoms with Crippen molar-refractivity contribution in [1.29, 1.82) is 0 Å². The van der Waals surface area contributed by atoms with Crippen LogP contribution in [0.3, 0.4) is 0 Å². The van der Waals surface area contributed by atoms with Crippen LogP contribution in [-0.4, -0.2) is 75.9 Å². The number of hydrogen-bond acceptors (Lipinski definition) is 13. The zero-order valence-electron chi connectivity index (χ0n) is 20.4. The number of hydrogen-bond donors (Lipinski definition) is 6. The molecule has 19 heteroatoms. The van der Waals surface area contributed by atoms with E-state index in [9.17, 15) is 34.1 Å². The van der Waals surface area contributed by atoms with Crippen LogP contribution in [0.1, 0.15) is 30.9 Å². The number of rotatable bonds is 8. The molecule has 0 aliphatic carbocycles. The van der Waals surface area contributed by atoms with Crippen LogP contribution >= 0.6 is 7.82 Å². The molecular weight excluding hydrogens is 545 g/mol. The Morgan fingerprint density at radius 3 is 2.67 bits per heavy atom. The summed E-state index contributed by atoms with van der Waals surface area (Å²) in [5.41, 5.74) is 4.11. The lowest BCUT2D eigenvalue weighted by molar-refractivity contribution is -0.130. The van der Waals surface area contributed by atoms with E-state index in [2.05, 4.69) is 19.9 Å². The van der Waals surface area contributed by atoms with E-state index in [0.29, 0.717) is 0 Å². The number of nitrogens with zero attached hydrogens (tertiary/aromatic N) is 4. The van der Waals surface area contributed by atoms with Gasteiger partial charge in [-0.1, -0.05) is 0 Å². The van der Waals surface area contributed by atoms with Gasteiger partial charge in [-0.15, -0.1) is 0 Å². The molecule has 5 heterocycles. The minimum atomic E-state index is -4.82. The molecule has 5 rings (SSSR count). The standard InChI is InChI=1S/C20H26N7O11P/c1-8-4-26(20(32)25-16(8)30)12-2-9(5-28)18(37-12)38-39(33,34)35-6-11-10(29)3-13(36-11)27-7-22-14-15(27)23-19(21)24-17(14)31/h4,7,9-13,18,28-29H,2-3,5-6H2,1H3,(H,33,34)(H,25,30,32)(H3,21,23,24,31)/t9-,10+,11-,12-,13-,18-/m1/s1. The SMILES string of the molecule is Cc1cn([C@H]2C[C@H](CO)[C@@H](OP(=O)(O)OC[C@H]3O[C@@H](n4cnc5c(=O)[nH]c(N)nc54)C[C@@H]3O)O2)c(=O)[nH]c1=O. The minimum Gasteiger partial charge on any atom is -0.396 e. The van der Waals surface area contributed by atoms with Gasteiger partial charge in [0.25, 0.3) is 11.1 Å². The quantitative estimate of drug-likeness (QED) is 0.163. The fourth-order valence-corrected chi connectivity index (χ4v) is 5.34. The Bertz CT molecular complexity index is 1600. The summed E-state index contributed by atoms with van der Waals surface area (Å²) < 4.78 is 36.7. The van der Waals surface area contributed by atoms with E-state index in [4.69, 9.17) is 24.3 Å². The molecule has 0 radical (unpaired) electrons. The van der Waals surface area contributed by atoms with E-state index in [1.165, 1.54) is 24.0 Å². The van der Waals surface area contributed by atoms with Gasteiger partial charge in [0.1, 0.15) is 18.6 Å². The largest absolute Gasteiger partial charge is 0.474 e. The van der Waals surface area contributed by atoms with E-state index < -0.39 is 74.7 Å². The number of ether oxygens (including phenoxy) is 2. The molecule has 1 unspecified atom stereocenters. The summed E-state index contributed by atoms with van der Waals surface area (Å²) in [4.78, 5) is 58.6. The third kappa shape index (κ3) is 5.45. The van der Waals surface area contributed by atoms with Crippen molar-refractivity contribution >= 4 is 24.9 Å². The average Bonchev–Trinajstić information content (AvgIpc) is 3.56. The topological polar surface area (TPSA) is 259 Å². The summed E-state index contributed by atoms with van der Waals surface area (Å²) in [6, 6.07) is 0. The molecule has 0 bridgehead atoms. The Labute approximate surface area is 217 Å². The number of anilines is 1. The number of H-pyrrole nitrogens is 2. The number of nitrogens with two attached hydrogens (primary N) is 1. The molecule has 212 valence electrons. The Kier molecular flexibility index (Phi) is 7.29. The fourth-order valence-electron chi connectivity index (χ4n) is 4.46. The molecule has 0 aromatic carbocycles. The summed E-state index contributed by atoms with van der Waals surface area (Å²) >= 11 is 0. The van der Waals surface area contributed by atoms with E-state index >= 15 is 0 Å². The third-order valence-corrected chi connectivity index (χ3v) is 7.42. The first-order chi connectivity index (χ1) is 18.5. The number of imidazole rings is 1. The molecule has 0 saturated carbocycles. The molecular formula is C20H26N7O11P. The van der Waals surface area contributed by atoms with E-state index in [1.54, 1.807) is 0 Å². The van der Waals surface area contributed by atoms with Crippen LogP contribution in [0.5, 0.6) is 0 Å². The number of aliphatic hydroxyl groups is 2. The summed E-state index contributed by atoms with van der Waals surface area (Å²) in [7, 11) is -4.82. The number of aliphatic hydroxyl groups excluding tert-OH is 2. The van der Waals surface area contributed by atoms with Crippen LogP contribution in [-0.2, 0) is 23.1 Å². The van der Waals surface area contributed by atoms with Gasteiger partial charge in [0.2, 0.25) is 5.95 Å². The van der Waals surface area contributed by atoms with E-state index in [1.807, 2.05) is 0 Å². The fraction of sp³-hybridized carbons (Fsp3) is 0.550. The van der Waals surface area contributed by atoms with Crippen LogP contribution in [0.15, 0.2) is 26.9 Å². The number of phosphoric ester groups is 1. The predicted molar refractivity (Wildman–Crippen MR) is 129 cm³/mol. The Hall–Kier alpha value is -3.22. The Balaban J connectivity index is 1.23.